The van der Waals surface area contributed by atoms with Crippen molar-refractivity contribution < 1.29 is 118 Å². The molecule has 11 rings (SSSR count). The number of carbonyl (C=O) groups is 9. The fourth-order valence-electron chi connectivity index (χ4n) is 11.4. The highest BCUT2D eigenvalue weighted by Crippen LogP contribution is 2.49. The van der Waals surface area contributed by atoms with Crippen LogP contribution >= 0.6 is 23.2 Å². The highest BCUT2D eigenvalue weighted by Gasteiger charge is 2.47. The number of primary amides is 1. The van der Waals surface area contributed by atoms with Crippen molar-refractivity contribution >= 4 is 76.6 Å². The molecule has 18 N–H and O–H groups in total. The van der Waals surface area contributed by atoms with Gasteiger partial charge in [0.15, 0.2) is 11.5 Å². The summed E-state index contributed by atoms with van der Waals surface area (Å²) in [5.74, 6) is -15.8. The molecule has 6 heterocycles. The van der Waals surface area contributed by atoms with Gasteiger partial charge in [-0.05, 0) is 116 Å². The van der Waals surface area contributed by atoms with Gasteiger partial charge in [0.05, 0.1) is 30.2 Å². The van der Waals surface area contributed by atoms with E-state index in [-0.39, 0.29) is 34.8 Å². The maximum Gasteiger partial charge on any atom is 0.410 e. The van der Waals surface area contributed by atoms with Gasteiger partial charge >= 0.3 is 6.09 Å². The number of aliphatic hydroxyl groups is 6. The zero-order valence-corrected chi connectivity index (χ0v) is 55.7. The summed E-state index contributed by atoms with van der Waals surface area (Å²) >= 11 is 14.0. The highest BCUT2D eigenvalue weighted by molar-refractivity contribution is 6.32. The van der Waals surface area contributed by atoms with Crippen molar-refractivity contribution in [2.24, 2.45) is 11.7 Å². The molecule has 0 unspecified atom stereocenters. The first-order chi connectivity index (χ1) is 47.1. The number of nitrogens with zero attached hydrogens (tertiary/aromatic N) is 1. The quantitative estimate of drug-likeness (QED) is 0.0778. The highest BCUT2D eigenvalue weighted by atomic mass is 35.5. The Morgan fingerprint density at radius 1 is 0.680 bits per heavy atom. The summed E-state index contributed by atoms with van der Waals surface area (Å²) in [6.07, 6.45) is -16.4. The van der Waals surface area contributed by atoms with E-state index in [0.29, 0.717) is 0 Å². The topological polar surface area (TPSA) is 505 Å². The zero-order valence-electron chi connectivity index (χ0n) is 54.2. The van der Waals surface area contributed by atoms with E-state index in [1.54, 1.807) is 34.6 Å². The Morgan fingerprint density at radius 2 is 1.27 bits per heavy atom. The Kier molecular flexibility index (Phi) is 22.6. The van der Waals surface area contributed by atoms with Gasteiger partial charge in [-0.25, -0.2) is 10.3 Å². The third-order valence-electron chi connectivity index (χ3n) is 16.4. The summed E-state index contributed by atoms with van der Waals surface area (Å²) < 4.78 is 30.5. The van der Waals surface area contributed by atoms with E-state index in [4.69, 9.17) is 57.5 Å². The molecule has 0 radical (unpaired) electrons. The summed E-state index contributed by atoms with van der Waals surface area (Å²) in [5, 5.41) is 116. The molecular formula is C65H73Cl2N9O24. The molecule has 536 valence electrons. The predicted molar refractivity (Wildman–Crippen MR) is 345 cm³/mol. The minimum absolute atomic E-state index is 0.0542. The Labute approximate surface area is 578 Å². The van der Waals surface area contributed by atoms with Crippen LogP contribution < -0.4 is 57.3 Å². The van der Waals surface area contributed by atoms with Crippen LogP contribution in [-0.4, -0.2) is 185 Å². The van der Waals surface area contributed by atoms with Crippen molar-refractivity contribution in [3.63, 3.8) is 0 Å². The van der Waals surface area contributed by atoms with E-state index < -0.39 is 230 Å². The van der Waals surface area contributed by atoms with Gasteiger partial charge in [-0.1, -0.05) is 55.2 Å². The van der Waals surface area contributed by atoms with E-state index in [1.165, 1.54) is 13.1 Å². The summed E-state index contributed by atoms with van der Waals surface area (Å²) in [6, 6.07) is -1.05. The number of rotatable bonds is 12. The maximum atomic E-state index is 15.9. The lowest BCUT2D eigenvalue weighted by Crippen LogP contribution is -2.60. The molecule has 6 aliphatic heterocycles. The molecule has 9 amide bonds. The number of nitrogens with two attached hydrogens (primary N) is 1. The van der Waals surface area contributed by atoms with Crippen molar-refractivity contribution in [1.29, 1.82) is 0 Å². The minimum atomic E-state index is -2.35. The fourth-order valence-corrected chi connectivity index (χ4v) is 11.9. The molecule has 11 bridgehead atoms. The molecule has 0 saturated carbocycles. The standard InChI is InChI=1S/C65H73Cl2N9O24/c1-24(2)14-35(76(6)64(94)100-65(3,4)5)57(88)73-48-50(82)26-9-12-38(32(66)16-26)96-40-18-28-19-41(55(40)99-63-54(86)53(85)52(84)42(23-77)98-63)97-39-13-10-27(17-33(39)67)51(83)49-61(92)72-47(62(93)75-95-7)31-20-29(78)21-37(80)44(31)30-15-25(8-11-36(30)79)45(58(89)74-49)71-59(90)46(28)70-56(87)34(22-43(68)81)69-60(48)91/h8-13,15-21,24,34-35,42,45-54,63,77-80,82-86H,14,22-23H2,1-7H3,(H2,68,81)(H,69,91)(H,70,87)(H,71,90)(H,72,92)(H,73,88)(H,74,89)(H,75,93)/t34-,35+,42+,45+,46+,47-,48+,49-,50+,51+,52-,53-,54+,63-/m0/s1. The molecule has 5 aromatic rings. The van der Waals surface area contributed by atoms with Gasteiger partial charge in [0.25, 0.3) is 5.91 Å². The average Bonchev–Trinajstić information content (AvgIpc) is 0.760. The zero-order chi connectivity index (χ0) is 73.3. The van der Waals surface area contributed by atoms with Crippen LogP contribution in [0.1, 0.15) is 106 Å². The van der Waals surface area contributed by atoms with Crippen molar-refractivity contribution in [3.05, 3.63) is 117 Å². The van der Waals surface area contributed by atoms with Crippen LogP contribution in [0.25, 0.3) is 11.1 Å². The van der Waals surface area contributed by atoms with Gasteiger partial charge in [-0.2, -0.15) is 0 Å². The molecule has 0 aliphatic carbocycles. The second kappa shape index (κ2) is 30.3. The first kappa shape index (κ1) is 74.4. The van der Waals surface area contributed by atoms with Gasteiger partial charge < -0.3 is 107 Å². The Bertz CT molecular complexity index is 4040. The fraction of sp³-hybridized carbons (Fsp3) is 0.400. The first-order valence-electron chi connectivity index (χ1n) is 30.8. The number of hydrogen-bond acceptors (Lipinski definition) is 24. The lowest BCUT2D eigenvalue weighted by molar-refractivity contribution is -0.277. The molecule has 5 aromatic carbocycles. The normalized spacial score (nSPS) is 25.0. The van der Waals surface area contributed by atoms with Gasteiger partial charge in [0, 0.05) is 24.2 Å². The molecule has 0 aromatic heterocycles. The second-order valence-electron chi connectivity index (χ2n) is 25.3. The smallest absolute Gasteiger partial charge is 0.410 e. The van der Waals surface area contributed by atoms with Crippen LogP contribution in [0.3, 0.4) is 0 Å². The van der Waals surface area contributed by atoms with Gasteiger partial charge in [0.1, 0.15) is 113 Å². The molecule has 33 nitrogen and oxygen atoms in total. The van der Waals surface area contributed by atoms with Crippen molar-refractivity contribution in [2.45, 2.75) is 138 Å². The number of aromatic hydroxyl groups is 3. The number of hydroxylamine groups is 1. The first-order valence-corrected chi connectivity index (χ1v) is 31.6. The van der Waals surface area contributed by atoms with Gasteiger partial charge in [-0.15, -0.1) is 0 Å². The van der Waals surface area contributed by atoms with E-state index >= 15 is 19.2 Å². The van der Waals surface area contributed by atoms with E-state index in [9.17, 15) is 69.9 Å². The van der Waals surface area contributed by atoms with Crippen LogP contribution in [0.15, 0.2) is 78.9 Å². The number of hydrogen-bond donors (Lipinski definition) is 17. The number of nitrogens with one attached hydrogen (secondary N) is 7. The van der Waals surface area contributed by atoms with Crippen LogP contribution in [-0.2, 0) is 52.7 Å². The molecule has 14 atom stereocenters. The third-order valence-corrected chi connectivity index (χ3v) is 17.0. The Balaban J connectivity index is 1.30. The van der Waals surface area contributed by atoms with Gasteiger partial charge in [-0.3, -0.25) is 48.1 Å². The second-order valence-corrected chi connectivity index (χ2v) is 26.1. The number of halogens is 2. The predicted octanol–water partition coefficient (Wildman–Crippen LogP) is 1.11. The van der Waals surface area contributed by atoms with E-state index in [1.807, 2.05) is 5.48 Å². The van der Waals surface area contributed by atoms with Crippen LogP contribution in [0.2, 0.25) is 10.0 Å². The number of benzene rings is 5. The summed E-state index contributed by atoms with van der Waals surface area (Å²) in [6.45, 7) is 7.25. The molecule has 35 heteroatoms. The molecule has 1 fully saturated rings. The van der Waals surface area contributed by atoms with Crippen molar-refractivity contribution in [3.8, 4) is 57.1 Å². The molecule has 0 spiro atoms. The number of ether oxygens (including phenoxy) is 5. The maximum absolute atomic E-state index is 15.9. The van der Waals surface area contributed by atoms with E-state index in [2.05, 4.69) is 31.9 Å². The average molecular weight is 1440 g/mol. The molecular weight excluding hydrogens is 1360 g/mol. The summed E-state index contributed by atoms with van der Waals surface area (Å²) in [5.41, 5.74) is 4.09. The lowest BCUT2D eigenvalue weighted by atomic mass is 9.89. The number of aliphatic hydroxyl groups excluding tert-OH is 6. The Hall–Kier alpha value is -9.81. The van der Waals surface area contributed by atoms with Crippen molar-refractivity contribution in [1.82, 2.24) is 42.3 Å². The van der Waals surface area contributed by atoms with Crippen LogP contribution in [0.4, 0.5) is 4.79 Å². The summed E-state index contributed by atoms with van der Waals surface area (Å²) in [4.78, 5) is 138. The third kappa shape index (κ3) is 16.2. The van der Waals surface area contributed by atoms with Gasteiger partial charge in [0.2, 0.25) is 53.4 Å². The molecule has 1 saturated heterocycles. The SMILES string of the molecule is CONC(=O)[C@H]1NC(=O)[C@H]2NC(=O)[C@H](NC(=O)[C@@H]3NC(=O)[C@H](CC(N)=O)NC(=O)[C@H](NC(=O)[C@@H](CC(C)C)N(C)C(=O)OC(C)(C)C)[C@H](O)c4ccc(c(Cl)c4)Oc4cc3cc(c4O[C@@H]3O[C@H](CO)[C@H](O)[C@H](O)[C@H]3O)Oc3ccc(cc3Cl)[C@H]2O)c2ccc(O)c(c2)-c2c(O)cc(O)cc21. The number of fused-ring (bicyclic) bond motifs is 15. The number of carbonyl (C=O) groups excluding carboxylic acids is 9. The number of phenolic OH excluding ortho intramolecular Hbond substituents is 3. The molecule has 100 heavy (non-hydrogen) atoms. The summed E-state index contributed by atoms with van der Waals surface area (Å²) in [7, 11) is 2.30. The number of likely N-dealkylation sites (N-methyl/N-ethyl adjacent to an activating group) is 1. The molecule has 6 aliphatic rings. The van der Waals surface area contributed by atoms with E-state index in [0.717, 1.165) is 84.8 Å². The monoisotopic (exact) mass is 1430 g/mol. The number of amides is 9. The van der Waals surface area contributed by atoms with Crippen LogP contribution in [0.5, 0.6) is 46.0 Å². The largest absolute Gasteiger partial charge is 0.508 e. The lowest BCUT2D eigenvalue weighted by Gasteiger charge is -2.39. The van der Waals surface area contributed by atoms with Crippen LogP contribution in [0, 0.1) is 5.92 Å². The Morgan fingerprint density at radius 3 is 1.85 bits per heavy atom. The number of phenols is 3. The van der Waals surface area contributed by atoms with Crippen molar-refractivity contribution in [2.75, 3.05) is 20.8 Å². The minimum Gasteiger partial charge on any atom is -0.508 e.